The Morgan fingerprint density at radius 2 is 1.56 bits per heavy atom. The van der Waals surface area contributed by atoms with E-state index < -0.39 is 0 Å². The summed E-state index contributed by atoms with van der Waals surface area (Å²) in [5.74, 6) is 0. The predicted octanol–water partition coefficient (Wildman–Crippen LogP) is 5.15. The van der Waals surface area contributed by atoms with Gasteiger partial charge in [-0.25, -0.2) is 0 Å². The summed E-state index contributed by atoms with van der Waals surface area (Å²) in [6, 6.07) is 2.16. The van der Waals surface area contributed by atoms with Gasteiger partial charge in [-0.1, -0.05) is 30.2 Å². The highest BCUT2D eigenvalue weighted by molar-refractivity contribution is 4.92. The van der Waals surface area contributed by atoms with Crippen molar-refractivity contribution in [2.45, 2.75) is 65.2 Å². The first kappa shape index (κ1) is 15.0. The van der Waals surface area contributed by atoms with Gasteiger partial charge in [0.05, 0.1) is 6.07 Å². The molecule has 0 spiro atoms. The molecule has 0 saturated carbocycles. The third-order valence-corrected chi connectivity index (χ3v) is 2.45. The van der Waals surface area contributed by atoms with Crippen molar-refractivity contribution in [3.63, 3.8) is 0 Å². The van der Waals surface area contributed by atoms with Crippen LogP contribution in [0.15, 0.2) is 23.8 Å². The zero-order chi connectivity index (χ0) is 12.1. The van der Waals surface area contributed by atoms with Gasteiger partial charge in [0.15, 0.2) is 0 Å². The van der Waals surface area contributed by atoms with Gasteiger partial charge in [0.2, 0.25) is 0 Å². The SMILES string of the molecule is CC(C)=CCCCCCC=CCCCC#N. The second kappa shape index (κ2) is 12.0. The maximum atomic E-state index is 8.35. The van der Waals surface area contributed by atoms with Crippen molar-refractivity contribution in [3.05, 3.63) is 23.8 Å². The molecule has 90 valence electrons. The van der Waals surface area contributed by atoms with E-state index in [-0.39, 0.29) is 0 Å². The molecule has 0 atom stereocenters. The van der Waals surface area contributed by atoms with E-state index in [0.717, 1.165) is 12.8 Å². The van der Waals surface area contributed by atoms with Gasteiger partial charge in [0.25, 0.3) is 0 Å². The third kappa shape index (κ3) is 13.0. The summed E-state index contributed by atoms with van der Waals surface area (Å²) in [7, 11) is 0. The maximum Gasteiger partial charge on any atom is 0.0621 e. The molecule has 0 bridgehead atoms. The molecule has 0 unspecified atom stereocenters. The van der Waals surface area contributed by atoms with Crippen molar-refractivity contribution >= 4 is 0 Å². The number of allylic oxidation sites excluding steroid dienone is 4. The van der Waals surface area contributed by atoms with E-state index in [0.29, 0.717) is 6.42 Å². The predicted molar refractivity (Wildman–Crippen MR) is 71.1 cm³/mol. The van der Waals surface area contributed by atoms with Gasteiger partial charge >= 0.3 is 0 Å². The molecule has 0 aliphatic heterocycles. The molecule has 0 aliphatic rings. The first-order chi connectivity index (χ1) is 7.77. The third-order valence-electron chi connectivity index (χ3n) is 2.45. The molecule has 0 rings (SSSR count). The Hall–Kier alpha value is -1.03. The summed E-state index contributed by atoms with van der Waals surface area (Å²) in [6.45, 7) is 4.31. The van der Waals surface area contributed by atoms with Crippen LogP contribution in [-0.4, -0.2) is 0 Å². The Labute approximate surface area is 101 Å². The molecule has 0 aromatic heterocycles. The minimum atomic E-state index is 0.688. The molecule has 1 nitrogen and oxygen atoms in total. The van der Waals surface area contributed by atoms with Crippen LogP contribution in [0.2, 0.25) is 0 Å². The average molecular weight is 219 g/mol. The van der Waals surface area contributed by atoms with Crippen molar-refractivity contribution in [1.82, 2.24) is 0 Å². The summed E-state index contributed by atoms with van der Waals surface area (Å²) in [5.41, 5.74) is 1.43. The number of unbranched alkanes of at least 4 members (excludes halogenated alkanes) is 6. The lowest BCUT2D eigenvalue weighted by atomic mass is 10.1. The highest BCUT2D eigenvalue weighted by Crippen LogP contribution is 2.06. The van der Waals surface area contributed by atoms with Crippen LogP contribution in [0, 0.1) is 11.3 Å². The van der Waals surface area contributed by atoms with E-state index >= 15 is 0 Å². The molecule has 0 saturated heterocycles. The van der Waals surface area contributed by atoms with Crippen LogP contribution in [0.3, 0.4) is 0 Å². The lowest BCUT2D eigenvalue weighted by molar-refractivity contribution is 0.693. The largest absolute Gasteiger partial charge is 0.198 e. The van der Waals surface area contributed by atoms with E-state index in [1.165, 1.54) is 37.7 Å². The van der Waals surface area contributed by atoms with E-state index in [1.54, 1.807) is 0 Å². The van der Waals surface area contributed by atoms with Gasteiger partial charge in [0, 0.05) is 6.42 Å². The fraction of sp³-hybridized carbons (Fsp3) is 0.667. The highest BCUT2D eigenvalue weighted by atomic mass is 14.2. The smallest absolute Gasteiger partial charge is 0.0621 e. The van der Waals surface area contributed by atoms with Crippen molar-refractivity contribution in [3.8, 4) is 6.07 Å². The number of nitrogens with zero attached hydrogens (tertiary/aromatic N) is 1. The van der Waals surface area contributed by atoms with Crippen LogP contribution in [0.25, 0.3) is 0 Å². The molecule has 0 amide bonds. The van der Waals surface area contributed by atoms with Gasteiger partial charge in [-0.2, -0.15) is 5.26 Å². The Bertz CT molecular complexity index is 239. The zero-order valence-electron chi connectivity index (χ0n) is 10.8. The maximum absolute atomic E-state index is 8.35. The van der Waals surface area contributed by atoms with E-state index in [2.05, 4.69) is 38.1 Å². The Balaban J connectivity index is 3.15. The Morgan fingerprint density at radius 1 is 0.938 bits per heavy atom. The van der Waals surface area contributed by atoms with Crippen LogP contribution in [0.1, 0.15) is 65.2 Å². The summed E-state index contributed by atoms with van der Waals surface area (Å²) >= 11 is 0. The fourth-order valence-corrected chi connectivity index (χ4v) is 1.51. The van der Waals surface area contributed by atoms with Crippen molar-refractivity contribution in [2.24, 2.45) is 0 Å². The molecular weight excluding hydrogens is 194 g/mol. The molecular formula is C15H25N. The summed E-state index contributed by atoms with van der Waals surface area (Å²) < 4.78 is 0. The molecule has 0 N–H and O–H groups in total. The van der Waals surface area contributed by atoms with Crippen LogP contribution in [-0.2, 0) is 0 Å². The second-order valence-corrected chi connectivity index (χ2v) is 4.44. The number of hydrogen-bond donors (Lipinski definition) is 0. The molecule has 0 heterocycles. The van der Waals surface area contributed by atoms with E-state index in [9.17, 15) is 0 Å². The van der Waals surface area contributed by atoms with Gasteiger partial charge < -0.3 is 0 Å². The van der Waals surface area contributed by atoms with Gasteiger partial charge in [-0.15, -0.1) is 0 Å². The van der Waals surface area contributed by atoms with Crippen LogP contribution >= 0.6 is 0 Å². The topological polar surface area (TPSA) is 23.8 Å². The summed E-state index contributed by atoms with van der Waals surface area (Å²) in [5, 5.41) is 8.35. The van der Waals surface area contributed by atoms with Gasteiger partial charge in [-0.05, 0) is 52.4 Å². The molecule has 0 aliphatic carbocycles. The number of rotatable bonds is 9. The molecule has 0 fully saturated rings. The quantitative estimate of drug-likeness (QED) is 0.388. The fourth-order valence-electron chi connectivity index (χ4n) is 1.51. The molecule has 0 radical (unpaired) electrons. The van der Waals surface area contributed by atoms with E-state index in [1.807, 2.05) is 0 Å². The first-order valence-corrected chi connectivity index (χ1v) is 6.42. The molecule has 0 aromatic rings. The minimum Gasteiger partial charge on any atom is -0.198 e. The molecule has 1 heteroatoms. The molecule has 16 heavy (non-hydrogen) atoms. The van der Waals surface area contributed by atoms with Gasteiger partial charge in [-0.3, -0.25) is 0 Å². The standard InChI is InChI=1S/C15H25N/c1-15(2)13-11-9-7-5-3-4-6-8-10-12-14-16/h4,6,13H,3,5,7-12H2,1-2H3. The van der Waals surface area contributed by atoms with Crippen LogP contribution in [0.5, 0.6) is 0 Å². The Morgan fingerprint density at radius 3 is 2.19 bits per heavy atom. The highest BCUT2D eigenvalue weighted by Gasteiger charge is 1.87. The van der Waals surface area contributed by atoms with Crippen molar-refractivity contribution in [1.29, 1.82) is 5.26 Å². The Kier molecular flexibility index (Phi) is 11.3. The molecule has 0 aromatic carbocycles. The van der Waals surface area contributed by atoms with Crippen LogP contribution in [0.4, 0.5) is 0 Å². The lowest BCUT2D eigenvalue weighted by Crippen LogP contribution is -1.76. The lowest BCUT2D eigenvalue weighted by Gasteiger charge is -1.96. The number of hydrogen-bond acceptors (Lipinski definition) is 1. The van der Waals surface area contributed by atoms with Crippen LogP contribution < -0.4 is 0 Å². The second-order valence-electron chi connectivity index (χ2n) is 4.44. The first-order valence-electron chi connectivity index (χ1n) is 6.42. The normalized spacial score (nSPS) is 10.3. The van der Waals surface area contributed by atoms with Gasteiger partial charge in [0.1, 0.15) is 0 Å². The average Bonchev–Trinajstić information content (AvgIpc) is 2.25. The van der Waals surface area contributed by atoms with Crippen molar-refractivity contribution in [2.75, 3.05) is 0 Å². The zero-order valence-corrected chi connectivity index (χ0v) is 10.8. The minimum absolute atomic E-state index is 0.688. The number of nitriles is 1. The summed E-state index contributed by atoms with van der Waals surface area (Å²) in [6.07, 6.45) is 15.9. The summed E-state index contributed by atoms with van der Waals surface area (Å²) in [4.78, 5) is 0. The van der Waals surface area contributed by atoms with Crippen molar-refractivity contribution < 1.29 is 0 Å². The van der Waals surface area contributed by atoms with E-state index in [4.69, 9.17) is 5.26 Å². The monoisotopic (exact) mass is 219 g/mol.